The third-order valence-electron chi connectivity index (χ3n) is 3.93. The summed E-state index contributed by atoms with van der Waals surface area (Å²) < 4.78 is 10.8. The molecular formula is C17H21N3O2. The molecule has 3 rings (SSSR count). The Morgan fingerprint density at radius 1 is 1.18 bits per heavy atom. The number of ether oxygens (including phenoxy) is 2. The van der Waals surface area contributed by atoms with Gasteiger partial charge in [0.15, 0.2) is 11.5 Å². The van der Waals surface area contributed by atoms with Crippen molar-refractivity contribution < 1.29 is 9.47 Å². The molecule has 1 aliphatic heterocycles. The van der Waals surface area contributed by atoms with E-state index in [4.69, 9.17) is 9.47 Å². The summed E-state index contributed by atoms with van der Waals surface area (Å²) in [6, 6.07) is 6.11. The number of rotatable bonds is 4. The highest BCUT2D eigenvalue weighted by Crippen LogP contribution is 2.36. The van der Waals surface area contributed by atoms with Crippen molar-refractivity contribution in [2.75, 3.05) is 18.7 Å². The third kappa shape index (κ3) is 2.84. The van der Waals surface area contributed by atoms with Gasteiger partial charge in [-0.15, -0.1) is 0 Å². The van der Waals surface area contributed by atoms with Gasteiger partial charge in [0.1, 0.15) is 5.82 Å². The Kier molecular flexibility index (Phi) is 3.64. The number of anilines is 1. The van der Waals surface area contributed by atoms with E-state index in [0.717, 1.165) is 35.2 Å². The Morgan fingerprint density at radius 3 is 2.77 bits per heavy atom. The molecule has 1 aromatic carbocycles. The Bertz CT molecular complexity index is 698. The number of nitrogens with one attached hydrogen (secondary N) is 1. The maximum absolute atomic E-state index is 5.47. The van der Waals surface area contributed by atoms with Crippen LogP contribution >= 0.6 is 0 Å². The van der Waals surface area contributed by atoms with Crippen LogP contribution in [0, 0.1) is 13.8 Å². The first-order chi connectivity index (χ1) is 10.5. The van der Waals surface area contributed by atoms with Crippen LogP contribution < -0.4 is 14.8 Å². The van der Waals surface area contributed by atoms with Gasteiger partial charge < -0.3 is 14.8 Å². The summed E-state index contributed by atoms with van der Waals surface area (Å²) in [5, 5.41) is 3.41. The second-order valence-corrected chi connectivity index (χ2v) is 6.25. The summed E-state index contributed by atoms with van der Waals surface area (Å²) in [5.41, 5.74) is 2.95. The molecule has 0 saturated heterocycles. The van der Waals surface area contributed by atoms with E-state index >= 15 is 0 Å². The second kappa shape index (κ2) is 5.48. The van der Waals surface area contributed by atoms with Crippen molar-refractivity contribution in [1.29, 1.82) is 0 Å². The topological polar surface area (TPSA) is 56.3 Å². The molecule has 5 heteroatoms. The molecule has 0 unspecified atom stereocenters. The molecule has 5 nitrogen and oxygen atoms in total. The largest absolute Gasteiger partial charge is 0.454 e. The molecule has 0 spiro atoms. The molecule has 2 heterocycles. The van der Waals surface area contributed by atoms with E-state index in [1.165, 1.54) is 5.56 Å². The van der Waals surface area contributed by atoms with E-state index in [2.05, 4.69) is 41.3 Å². The van der Waals surface area contributed by atoms with Gasteiger partial charge in [-0.3, -0.25) is 4.98 Å². The molecular weight excluding hydrogens is 278 g/mol. The molecule has 1 N–H and O–H groups in total. The molecule has 0 aliphatic carbocycles. The van der Waals surface area contributed by atoms with Gasteiger partial charge in [-0.25, -0.2) is 4.98 Å². The second-order valence-electron chi connectivity index (χ2n) is 6.25. The number of benzene rings is 1. The van der Waals surface area contributed by atoms with Gasteiger partial charge in [-0.1, -0.05) is 19.9 Å². The van der Waals surface area contributed by atoms with Crippen molar-refractivity contribution in [3.8, 4) is 11.5 Å². The van der Waals surface area contributed by atoms with Crippen LogP contribution in [0.3, 0.4) is 0 Å². The Labute approximate surface area is 130 Å². The normalized spacial score (nSPS) is 13.3. The van der Waals surface area contributed by atoms with E-state index in [9.17, 15) is 0 Å². The molecule has 2 aromatic rings. The van der Waals surface area contributed by atoms with Gasteiger partial charge in [-0.05, 0) is 31.5 Å². The van der Waals surface area contributed by atoms with Crippen LogP contribution in [0.1, 0.15) is 30.8 Å². The minimum Gasteiger partial charge on any atom is -0.454 e. The molecule has 22 heavy (non-hydrogen) atoms. The van der Waals surface area contributed by atoms with Crippen LogP contribution in [-0.4, -0.2) is 23.3 Å². The fourth-order valence-electron chi connectivity index (χ4n) is 2.43. The zero-order valence-corrected chi connectivity index (χ0v) is 13.4. The van der Waals surface area contributed by atoms with Crippen molar-refractivity contribution in [3.63, 3.8) is 0 Å². The van der Waals surface area contributed by atoms with Gasteiger partial charge in [0.25, 0.3) is 0 Å². The van der Waals surface area contributed by atoms with E-state index < -0.39 is 0 Å². The molecule has 1 aliphatic rings. The molecule has 0 fully saturated rings. The predicted octanol–water partition coefficient (Wildman–Crippen LogP) is 3.21. The maximum atomic E-state index is 5.47. The van der Waals surface area contributed by atoms with Gasteiger partial charge in [0.2, 0.25) is 6.79 Å². The zero-order chi connectivity index (χ0) is 15.7. The lowest BCUT2D eigenvalue weighted by Crippen LogP contribution is -2.28. The number of fused-ring (bicyclic) bond motifs is 1. The van der Waals surface area contributed by atoms with Crippen molar-refractivity contribution in [1.82, 2.24) is 9.97 Å². The van der Waals surface area contributed by atoms with Crippen LogP contribution in [0.2, 0.25) is 0 Å². The Hall–Kier alpha value is -2.30. The number of nitrogens with zero attached hydrogens (tertiary/aromatic N) is 2. The average molecular weight is 299 g/mol. The number of aryl methyl sites for hydroxylation is 2. The van der Waals surface area contributed by atoms with Crippen molar-refractivity contribution in [2.45, 2.75) is 33.1 Å². The van der Waals surface area contributed by atoms with Crippen LogP contribution in [-0.2, 0) is 5.41 Å². The van der Waals surface area contributed by atoms with E-state index in [0.29, 0.717) is 6.79 Å². The zero-order valence-electron chi connectivity index (χ0n) is 13.4. The lowest BCUT2D eigenvalue weighted by molar-refractivity contribution is 0.174. The number of aromatic nitrogens is 2. The Morgan fingerprint density at radius 2 is 1.95 bits per heavy atom. The van der Waals surface area contributed by atoms with E-state index in [1.807, 2.05) is 19.9 Å². The van der Waals surface area contributed by atoms with Gasteiger partial charge in [0, 0.05) is 18.2 Å². The van der Waals surface area contributed by atoms with E-state index in [-0.39, 0.29) is 5.41 Å². The smallest absolute Gasteiger partial charge is 0.231 e. The lowest BCUT2D eigenvalue weighted by atomic mass is 9.84. The minimum absolute atomic E-state index is 0.0706. The summed E-state index contributed by atoms with van der Waals surface area (Å²) in [6.07, 6.45) is 1.78. The van der Waals surface area contributed by atoms with E-state index in [1.54, 1.807) is 6.20 Å². The SMILES string of the molecule is Cc1cnc(C)c(NCC(C)(C)c2ccc3c(c2)OCO3)n1. The molecule has 0 saturated carbocycles. The highest BCUT2D eigenvalue weighted by atomic mass is 16.7. The fourth-order valence-corrected chi connectivity index (χ4v) is 2.43. The lowest BCUT2D eigenvalue weighted by Gasteiger charge is -2.26. The van der Waals surface area contributed by atoms with Crippen molar-refractivity contribution in [3.05, 3.63) is 41.3 Å². The first kappa shape index (κ1) is 14.6. The highest BCUT2D eigenvalue weighted by Gasteiger charge is 2.24. The van der Waals surface area contributed by atoms with Crippen molar-refractivity contribution in [2.24, 2.45) is 0 Å². The molecule has 0 amide bonds. The maximum Gasteiger partial charge on any atom is 0.231 e. The molecule has 116 valence electrons. The van der Waals surface area contributed by atoms with Gasteiger partial charge >= 0.3 is 0 Å². The first-order valence-corrected chi connectivity index (χ1v) is 7.40. The standard InChI is InChI=1S/C17H21N3O2/c1-11-8-18-12(2)16(20-11)19-9-17(3,4)13-5-6-14-15(7-13)22-10-21-14/h5-8H,9-10H2,1-4H3,(H,19,20). The summed E-state index contributed by atoms with van der Waals surface area (Å²) in [4.78, 5) is 8.85. The summed E-state index contributed by atoms with van der Waals surface area (Å²) in [6.45, 7) is 9.34. The number of hydrogen-bond donors (Lipinski definition) is 1. The fraction of sp³-hybridized carbons (Fsp3) is 0.412. The van der Waals surface area contributed by atoms with Crippen LogP contribution in [0.4, 0.5) is 5.82 Å². The first-order valence-electron chi connectivity index (χ1n) is 7.40. The summed E-state index contributed by atoms with van der Waals surface area (Å²) in [7, 11) is 0. The van der Waals surface area contributed by atoms with Crippen LogP contribution in [0.25, 0.3) is 0 Å². The number of hydrogen-bond acceptors (Lipinski definition) is 5. The predicted molar refractivity (Wildman–Crippen MR) is 85.6 cm³/mol. The molecule has 0 atom stereocenters. The molecule has 0 bridgehead atoms. The van der Waals surface area contributed by atoms with Crippen LogP contribution in [0.5, 0.6) is 11.5 Å². The molecule has 1 aromatic heterocycles. The highest BCUT2D eigenvalue weighted by molar-refractivity contribution is 5.47. The van der Waals surface area contributed by atoms with Crippen molar-refractivity contribution >= 4 is 5.82 Å². The average Bonchev–Trinajstić information content (AvgIpc) is 2.95. The summed E-state index contributed by atoms with van der Waals surface area (Å²) >= 11 is 0. The monoisotopic (exact) mass is 299 g/mol. The quantitative estimate of drug-likeness (QED) is 0.939. The van der Waals surface area contributed by atoms with Crippen LogP contribution in [0.15, 0.2) is 24.4 Å². The third-order valence-corrected chi connectivity index (χ3v) is 3.93. The molecule has 0 radical (unpaired) electrons. The Balaban J connectivity index is 1.77. The summed E-state index contributed by atoms with van der Waals surface area (Å²) in [5.74, 6) is 2.47. The van der Waals surface area contributed by atoms with Gasteiger partial charge in [0.05, 0.1) is 11.4 Å². The van der Waals surface area contributed by atoms with Gasteiger partial charge in [-0.2, -0.15) is 0 Å². The minimum atomic E-state index is -0.0706.